The van der Waals surface area contributed by atoms with Gasteiger partial charge in [-0.05, 0) is 18.4 Å². The normalized spacial score (nSPS) is 11.3. The molecule has 0 unspecified atom stereocenters. The van der Waals surface area contributed by atoms with E-state index in [9.17, 15) is 8.42 Å². The predicted octanol–water partition coefficient (Wildman–Crippen LogP) is 1.58. The van der Waals surface area contributed by atoms with Crippen LogP contribution in [-0.4, -0.2) is 45.4 Å². The molecular weight excluding hydrogens is 282 g/mol. The summed E-state index contributed by atoms with van der Waals surface area (Å²) in [6.07, 6.45) is 1.90. The lowest BCUT2D eigenvalue weighted by Gasteiger charge is -2.13. The Bertz CT molecular complexity index is 577. The van der Waals surface area contributed by atoms with Crippen LogP contribution < -0.4 is 5.32 Å². The fourth-order valence-electron chi connectivity index (χ4n) is 1.46. The van der Waals surface area contributed by atoms with Gasteiger partial charge in [0, 0.05) is 25.5 Å². The first-order valence-electron chi connectivity index (χ1n) is 5.63. The molecule has 0 aliphatic carbocycles. The summed E-state index contributed by atoms with van der Waals surface area (Å²) in [5, 5.41) is 12.2. The molecule has 0 bridgehead atoms. The zero-order valence-electron chi connectivity index (χ0n) is 11.2. The number of hydrogen-bond acceptors (Lipinski definition) is 5. The number of hydrogen-bond donors (Lipinski definition) is 1. The lowest BCUT2D eigenvalue weighted by Crippen LogP contribution is -2.28. The molecule has 0 aliphatic rings. The van der Waals surface area contributed by atoms with Crippen LogP contribution in [0.5, 0.6) is 0 Å². The van der Waals surface area contributed by atoms with E-state index in [0.717, 1.165) is 4.90 Å². The lowest BCUT2D eigenvalue weighted by molar-refractivity contribution is 0.521. The Balaban J connectivity index is 2.78. The third-order valence-electron chi connectivity index (χ3n) is 2.59. The summed E-state index contributed by atoms with van der Waals surface area (Å²) in [7, 11) is -0.212. The highest BCUT2D eigenvalue weighted by Crippen LogP contribution is 2.26. The molecule has 0 radical (unpaired) electrons. The number of rotatable bonds is 6. The van der Waals surface area contributed by atoms with Crippen LogP contribution in [0.15, 0.2) is 23.1 Å². The smallest absolute Gasteiger partial charge is 0.215 e. The fourth-order valence-corrected chi connectivity index (χ4v) is 2.76. The Morgan fingerprint density at radius 3 is 2.63 bits per heavy atom. The van der Waals surface area contributed by atoms with Crippen molar-refractivity contribution in [2.24, 2.45) is 0 Å². The third kappa shape index (κ3) is 4.13. The zero-order valence-corrected chi connectivity index (χ0v) is 12.8. The number of nitrogens with one attached hydrogen (secondary N) is 1. The van der Waals surface area contributed by atoms with E-state index in [1.54, 1.807) is 6.07 Å². The van der Waals surface area contributed by atoms with Crippen molar-refractivity contribution in [1.29, 1.82) is 5.26 Å². The molecule has 0 atom stereocenters. The largest absolute Gasteiger partial charge is 0.383 e. The topological polar surface area (TPSA) is 73.2 Å². The molecule has 5 nitrogen and oxygen atoms in total. The second-order valence-electron chi connectivity index (χ2n) is 4.02. The highest BCUT2D eigenvalue weighted by molar-refractivity contribution is 7.98. The Hall–Kier alpha value is -1.23. The highest BCUT2D eigenvalue weighted by atomic mass is 32.2. The van der Waals surface area contributed by atoms with E-state index in [4.69, 9.17) is 5.26 Å². The number of thioether (sulfide) groups is 1. The van der Waals surface area contributed by atoms with Crippen molar-refractivity contribution < 1.29 is 8.42 Å². The van der Waals surface area contributed by atoms with Crippen molar-refractivity contribution in [3.05, 3.63) is 23.8 Å². The Morgan fingerprint density at radius 2 is 2.11 bits per heavy atom. The standard InChI is InChI=1S/C12H17N3O2S2/c1-15(2)19(16,17)8-7-14-11-5-4-6-12(18-3)10(11)9-13/h4-6,14H,7-8H2,1-3H3. The number of sulfonamides is 1. The molecule has 0 amide bonds. The Morgan fingerprint density at radius 1 is 1.42 bits per heavy atom. The van der Waals surface area contributed by atoms with Gasteiger partial charge >= 0.3 is 0 Å². The summed E-state index contributed by atoms with van der Waals surface area (Å²) < 4.78 is 24.4. The van der Waals surface area contributed by atoms with Crippen LogP contribution >= 0.6 is 11.8 Å². The lowest BCUT2D eigenvalue weighted by atomic mass is 10.2. The van der Waals surface area contributed by atoms with Crippen molar-refractivity contribution in [3.8, 4) is 6.07 Å². The molecule has 0 heterocycles. The van der Waals surface area contributed by atoms with Crippen molar-refractivity contribution in [2.75, 3.05) is 38.0 Å². The van der Waals surface area contributed by atoms with Crippen LogP contribution in [0.1, 0.15) is 5.56 Å². The Kier molecular flexibility index (Phi) is 5.66. The maximum atomic E-state index is 11.6. The first-order valence-corrected chi connectivity index (χ1v) is 8.47. The minimum atomic E-state index is -3.22. The molecule has 104 valence electrons. The molecule has 1 aromatic carbocycles. The third-order valence-corrected chi connectivity index (χ3v) is 5.20. The minimum Gasteiger partial charge on any atom is -0.383 e. The van der Waals surface area contributed by atoms with Crippen LogP contribution in [0, 0.1) is 11.3 Å². The SMILES string of the molecule is CSc1cccc(NCCS(=O)(=O)N(C)C)c1C#N. The maximum Gasteiger partial charge on any atom is 0.215 e. The van der Waals surface area contributed by atoms with Crippen molar-refractivity contribution in [2.45, 2.75) is 4.90 Å². The van der Waals surface area contributed by atoms with Crippen LogP contribution in [0.25, 0.3) is 0 Å². The second-order valence-corrected chi connectivity index (χ2v) is 7.17. The summed E-state index contributed by atoms with van der Waals surface area (Å²) in [4.78, 5) is 0.878. The molecule has 0 saturated heterocycles. The van der Waals surface area contributed by atoms with Crippen LogP contribution in [-0.2, 0) is 10.0 Å². The number of anilines is 1. The van der Waals surface area contributed by atoms with E-state index in [1.807, 2.05) is 18.4 Å². The average molecular weight is 299 g/mol. The van der Waals surface area contributed by atoms with Gasteiger partial charge in [0.2, 0.25) is 10.0 Å². The molecule has 0 spiro atoms. The van der Waals surface area contributed by atoms with Gasteiger partial charge in [0.05, 0.1) is 17.0 Å². The van der Waals surface area contributed by atoms with Gasteiger partial charge < -0.3 is 5.32 Å². The zero-order chi connectivity index (χ0) is 14.5. The first-order chi connectivity index (χ1) is 8.92. The van der Waals surface area contributed by atoms with Gasteiger partial charge in [-0.15, -0.1) is 11.8 Å². The number of benzene rings is 1. The van der Waals surface area contributed by atoms with Gasteiger partial charge in [-0.3, -0.25) is 0 Å². The molecule has 7 heteroatoms. The van der Waals surface area contributed by atoms with Crippen molar-refractivity contribution >= 4 is 27.5 Å². The molecule has 19 heavy (non-hydrogen) atoms. The monoisotopic (exact) mass is 299 g/mol. The molecular formula is C12H17N3O2S2. The molecule has 0 aliphatic heterocycles. The van der Waals surface area contributed by atoms with E-state index >= 15 is 0 Å². The van der Waals surface area contributed by atoms with Crippen LogP contribution in [0.3, 0.4) is 0 Å². The van der Waals surface area contributed by atoms with Gasteiger partial charge in [-0.1, -0.05) is 6.07 Å². The fraction of sp³-hybridized carbons (Fsp3) is 0.417. The van der Waals surface area contributed by atoms with Crippen LogP contribution in [0.4, 0.5) is 5.69 Å². The van der Waals surface area contributed by atoms with Crippen molar-refractivity contribution in [1.82, 2.24) is 4.31 Å². The van der Waals surface area contributed by atoms with Crippen molar-refractivity contribution in [3.63, 3.8) is 0 Å². The molecule has 1 aromatic rings. The summed E-state index contributed by atoms with van der Waals surface area (Å²) in [6.45, 7) is 0.271. The van der Waals surface area contributed by atoms with Gasteiger partial charge in [-0.25, -0.2) is 12.7 Å². The number of nitrogens with zero attached hydrogens (tertiary/aromatic N) is 2. The summed E-state index contributed by atoms with van der Waals surface area (Å²) in [6, 6.07) is 7.63. The molecule has 0 fully saturated rings. The summed E-state index contributed by atoms with van der Waals surface area (Å²) in [5.41, 5.74) is 1.22. The second kappa shape index (κ2) is 6.80. The average Bonchev–Trinajstić information content (AvgIpc) is 2.37. The molecule has 1 N–H and O–H groups in total. The maximum absolute atomic E-state index is 11.6. The van der Waals surface area contributed by atoms with E-state index in [-0.39, 0.29) is 12.3 Å². The van der Waals surface area contributed by atoms with E-state index in [2.05, 4.69) is 11.4 Å². The quantitative estimate of drug-likeness (QED) is 0.807. The van der Waals surface area contributed by atoms with Crippen LogP contribution in [0.2, 0.25) is 0 Å². The van der Waals surface area contributed by atoms with E-state index in [0.29, 0.717) is 11.3 Å². The number of nitriles is 1. The minimum absolute atomic E-state index is 0.00559. The van der Waals surface area contributed by atoms with Gasteiger partial charge in [0.1, 0.15) is 6.07 Å². The van der Waals surface area contributed by atoms with Gasteiger partial charge in [0.15, 0.2) is 0 Å². The predicted molar refractivity (Wildman–Crippen MR) is 78.9 cm³/mol. The Labute approximate surface area is 118 Å². The summed E-state index contributed by atoms with van der Waals surface area (Å²) >= 11 is 1.49. The highest BCUT2D eigenvalue weighted by Gasteiger charge is 2.13. The van der Waals surface area contributed by atoms with E-state index < -0.39 is 10.0 Å². The van der Waals surface area contributed by atoms with Gasteiger partial charge in [0.25, 0.3) is 0 Å². The molecule has 1 rings (SSSR count). The molecule has 0 aromatic heterocycles. The summed E-state index contributed by atoms with van der Waals surface area (Å²) in [5.74, 6) is -0.00559. The first kappa shape index (κ1) is 15.8. The van der Waals surface area contributed by atoms with Gasteiger partial charge in [-0.2, -0.15) is 5.26 Å². The van der Waals surface area contributed by atoms with E-state index in [1.165, 1.54) is 30.2 Å². The molecule has 0 saturated carbocycles.